The average molecular weight is 490 g/mol. The van der Waals surface area contributed by atoms with Crippen LogP contribution in [0.5, 0.6) is 5.75 Å². The van der Waals surface area contributed by atoms with Crippen LogP contribution < -0.4 is 10.1 Å². The van der Waals surface area contributed by atoms with Gasteiger partial charge in [0.2, 0.25) is 5.91 Å². The molecule has 1 aromatic rings. The zero-order valence-corrected chi connectivity index (χ0v) is 21.9. The molecule has 1 amide bonds. The van der Waals surface area contributed by atoms with E-state index in [4.69, 9.17) is 4.74 Å². The molecule has 3 fully saturated rings. The van der Waals surface area contributed by atoms with Gasteiger partial charge in [-0.25, -0.2) is 0 Å². The summed E-state index contributed by atoms with van der Waals surface area (Å²) in [6.07, 6.45) is 6.62. The number of hydrogen-bond acceptors (Lipinski definition) is 4. The first kappa shape index (κ1) is 24.0. The molecule has 1 saturated heterocycles. The average Bonchev–Trinajstić information content (AvgIpc) is 3.24. The van der Waals surface area contributed by atoms with E-state index in [0.29, 0.717) is 17.8 Å². The molecule has 0 radical (unpaired) electrons. The molecule has 0 spiro atoms. The summed E-state index contributed by atoms with van der Waals surface area (Å²) in [6.45, 7) is 13.5. The maximum absolute atomic E-state index is 14.4. The molecule has 7 rings (SSSR count). The Labute approximate surface area is 214 Å². The van der Waals surface area contributed by atoms with Crippen LogP contribution >= 0.6 is 0 Å². The molecule has 3 aliphatic heterocycles. The fourth-order valence-electron chi connectivity index (χ4n) is 9.61. The van der Waals surface area contributed by atoms with Crippen molar-refractivity contribution < 1.29 is 19.4 Å². The number of aliphatic hydroxyl groups is 1. The Kier molecular flexibility index (Phi) is 5.36. The van der Waals surface area contributed by atoms with Gasteiger partial charge in [-0.15, -0.1) is 6.58 Å². The molecule has 2 N–H and O–H groups in total. The van der Waals surface area contributed by atoms with Gasteiger partial charge in [0.05, 0.1) is 0 Å². The minimum absolute atomic E-state index is 0.00729. The van der Waals surface area contributed by atoms with Gasteiger partial charge in [0.15, 0.2) is 0 Å². The highest BCUT2D eigenvalue weighted by atomic mass is 16.5. The minimum Gasteiger partial charge on any atom is -0.490 e. The van der Waals surface area contributed by atoms with Gasteiger partial charge in [-0.1, -0.05) is 50.6 Å². The van der Waals surface area contributed by atoms with Gasteiger partial charge in [0.1, 0.15) is 29.3 Å². The predicted octanol–water partition coefficient (Wildman–Crippen LogP) is 4.70. The second-order valence-electron chi connectivity index (χ2n) is 12.9. The molecule has 3 aliphatic carbocycles. The molecular weight excluding hydrogens is 450 g/mol. The van der Waals surface area contributed by atoms with Crippen LogP contribution in [0.1, 0.15) is 52.5 Å². The normalized spacial score (nSPS) is 47.4. The maximum atomic E-state index is 14.4. The number of allylic oxidation sites excluding steroid dienone is 3. The van der Waals surface area contributed by atoms with E-state index in [0.717, 1.165) is 24.2 Å². The highest BCUT2D eigenvalue weighted by molar-refractivity contribution is 6.04. The number of rotatable bonds is 1. The summed E-state index contributed by atoms with van der Waals surface area (Å²) >= 11 is 0. The van der Waals surface area contributed by atoms with Crippen molar-refractivity contribution >= 4 is 11.7 Å². The van der Waals surface area contributed by atoms with Gasteiger partial charge >= 0.3 is 0 Å². The van der Waals surface area contributed by atoms with Crippen LogP contribution in [0.2, 0.25) is 0 Å². The highest BCUT2D eigenvalue weighted by Crippen LogP contribution is 2.67. The van der Waals surface area contributed by atoms with E-state index in [1.54, 1.807) is 0 Å². The smallest absolute Gasteiger partial charge is 0.232 e. The van der Waals surface area contributed by atoms with E-state index in [1.165, 1.54) is 5.57 Å². The quantitative estimate of drug-likeness (QED) is 0.443. The van der Waals surface area contributed by atoms with Gasteiger partial charge in [0, 0.05) is 36.5 Å². The van der Waals surface area contributed by atoms with Crippen molar-refractivity contribution in [2.24, 2.45) is 52.8 Å². The van der Waals surface area contributed by atoms with Gasteiger partial charge in [-0.3, -0.25) is 9.59 Å². The summed E-state index contributed by atoms with van der Waals surface area (Å²) in [7, 11) is 0. The number of benzene rings is 1. The molecule has 11 atom stereocenters. The minimum atomic E-state index is -1.42. The standard InChI is InChI=1S/C31H39NO4/c1-6-20-12-18(4)25-24-23(20)27(33)22-15-31(35,32-29(22)34)14-19-7-9-21(10-8-19)36-28(24)26-17(3)11-16(2)13-30(25,26)5/h6-10,12,16-17,20,22-26,28,35H,1,11,13-15H2,2-5H3,(H,32,34). The Bertz CT molecular complexity index is 1140. The Balaban J connectivity index is 1.56. The zero-order chi connectivity index (χ0) is 25.6. The van der Waals surface area contributed by atoms with Crippen molar-refractivity contribution in [2.75, 3.05) is 0 Å². The summed E-state index contributed by atoms with van der Waals surface area (Å²) in [5.74, 6) is 0.520. The van der Waals surface area contributed by atoms with Crippen LogP contribution in [0.15, 0.2) is 48.6 Å². The fraction of sp³-hybridized carbons (Fsp3) is 0.613. The lowest BCUT2D eigenvalue weighted by molar-refractivity contribution is -0.137. The molecule has 2 saturated carbocycles. The van der Waals surface area contributed by atoms with E-state index in [9.17, 15) is 14.7 Å². The number of ether oxygens (including phenoxy) is 1. The number of ketones is 1. The Morgan fingerprint density at radius 1 is 1.17 bits per heavy atom. The molecule has 0 aromatic heterocycles. The van der Waals surface area contributed by atoms with Crippen LogP contribution in [0, 0.1) is 52.8 Å². The molecule has 5 nitrogen and oxygen atoms in total. The van der Waals surface area contributed by atoms with Crippen molar-refractivity contribution in [1.29, 1.82) is 0 Å². The number of nitrogens with one attached hydrogen (secondary N) is 1. The largest absolute Gasteiger partial charge is 0.490 e. The lowest BCUT2D eigenvalue weighted by Gasteiger charge is -2.48. The number of amides is 1. The zero-order valence-electron chi connectivity index (χ0n) is 21.9. The number of fused-ring (bicyclic) bond motifs is 4. The van der Waals surface area contributed by atoms with Crippen LogP contribution in [-0.4, -0.2) is 28.6 Å². The highest BCUT2D eigenvalue weighted by Gasteiger charge is 2.67. The third-order valence-electron chi connectivity index (χ3n) is 10.4. The third kappa shape index (κ3) is 3.38. The molecule has 1 aromatic carbocycles. The molecule has 4 bridgehead atoms. The molecule has 36 heavy (non-hydrogen) atoms. The van der Waals surface area contributed by atoms with Crippen LogP contribution in [-0.2, 0) is 16.0 Å². The van der Waals surface area contributed by atoms with Crippen molar-refractivity contribution in [3.8, 4) is 5.75 Å². The molecular formula is C31H39NO4. The second-order valence-corrected chi connectivity index (χ2v) is 12.9. The maximum Gasteiger partial charge on any atom is 0.232 e. The lowest BCUT2D eigenvalue weighted by Crippen LogP contribution is -2.46. The summed E-state index contributed by atoms with van der Waals surface area (Å²) in [6, 6.07) is 7.92. The summed E-state index contributed by atoms with van der Waals surface area (Å²) in [5.41, 5.74) is 0.815. The van der Waals surface area contributed by atoms with Gasteiger partial charge in [-0.05, 0) is 60.6 Å². The first-order chi connectivity index (χ1) is 17.0. The Morgan fingerprint density at radius 2 is 1.89 bits per heavy atom. The van der Waals surface area contributed by atoms with E-state index in [-0.39, 0.29) is 53.8 Å². The predicted molar refractivity (Wildman–Crippen MR) is 138 cm³/mol. The molecule has 11 unspecified atom stereocenters. The SMILES string of the molecule is C=CC1C=C(C)C2C3C(Oc4ccc(cc4)CC4(O)CC(C(=O)N4)C(=O)C13)C1C(C)CC(C)CC21C. The van der Waals surface area contributed by atoms with E-state index in [1.807, 2.05) is 30.3 Å². The van der Waals surface area contributed by atoms with E-state index >= 15 is 0 Å². The number of carbonyl (C=O) groups is 2. The topological polar surface area (TPSA) is 75.6 Å². The number of carbonyl (C=O) groups excluding carboxylic acids is 2. The monoisotopic (exact) mass is 489 g/mol. The number of hydrogen-bond donors (Lipinski definition) is 2. The fourth-order valence-corrected chi connectivity index (χ4v) is 9.61. The summed E-state index contributed by atoms with van der Waals surface area (Å²) in [4.78, 5) is 27.5. The Morgan fingerprint density at radius 3 is 2.58 bits per heavy atom. The van der Waals surface area contributed by atoms with Crippen molar-refractivity contribution in [2.45, 2.75) is 65.2 Å². The summed E-state index contributed by atoms with van der Waals surface area (Å²) in [5, 5.41) is 14.1. The van der Waals surface area contributed by atoms with Crippen molar-refractivity contribution in [1.82, 2.24) is 5.32 Å². The van der Waals surface area contributed by atoms with E-state index < -0.39 is 17.6 Å². The van der Waals surface area contributed by atoms with Gasteiger partial charge in [-0.2, -0.15) is 0 Å². The van der Waals surface area contributed by atoms with Crippen LogP contribution in [0.25, 0.3) is 0 Å². The lowest BCUT2D eigenvalue weighted by atomic mass is 9.55. The van der Waals surface area contributed by atoms with Gasteiger partial charge in [0.25, 0.3) is 0 Å². The second kappa shape index (κ2) is 8.05. The van der Waals surface area contributed by atoms with Crippen LogP contribution in [0.4, 0.5) is 0 Å². The van der Waals surface area contributed by atoms with Crippen LogP contribution in [0.3, 0.4) is 0 Å². The molecule has 6 aliphatic rings. The molecule has 192 valence electrons. The third-order valence-corrected chi connectivity index (χ3v) is 10.4. The summed E-state index contributed by atoms with van der Waals surface area (Å²) < 4.78 is 6.93. The molecule has 5 heteroatoms. The number of Topliss-reactive ketones (excluding diaryl/α,β-unsaturated/α-hetero) is 1. The van der Waals surface area contributed by atoms with Gasteiger partial charge < -0.3 is 15.2 Å². The van der Waals surface area contributed by atoms with E-state index in [2.05, 4.69) is 45.7 Å². The first-order valence-electron chi connectivity index (χ1n) is 13.7. The Hall–Kier alpha value is -2.40. The van der Waals surface area contributed by atoms with Crippen molar-refractivity contribution in [3.05, 3.63) is 54.1 Å². The van der Waals surface area contributed by atoms with Crippen molar-refractivity contribution in [3.63, 3.8) is 0 Å². The first-order valence-corrected chi connectivity index (χ1v) is 13.7. The molecule has 3 heterocycles.